The van der Waals surface area contributed by atoms with Crippen LogP contribution in [0, 0.1) is 0 Å². The number of benzene rings is 1. The number of nitrogens with zero attached hydrogens (tertiary/aromatic N) is 1. The zero-order valence-corrected chi connectivity index (χ0v) is 11.5. The van der Waals surface area contributed by atoms with E-state index in [4.69, 9.17) is 5.11 Å². The van der Waals surface area contributed by atoms with Crippen molar-refractivity contribution in [1.29, 1.82) is 0 Å². The van der Waals surface area contributed by atoms with Gasteiger partial charge in [-0.2, -0.15) is 0 Å². The van der Waals surface area contributed by atoms with Crippen LogP contribution in [0.15, 0.2) is 24.3 Å². The molecule has 3 nitrogen and oxygen atoms in total. The first-order valence-electron chi connectivity index (χ1n) is 6.53. The zero-order valence-electron chi connectivity index (χ0n) is 11.5. The number of unbranched alkanes of at least 4 members (excludes halogenated alkanes) is 1. The molecule has 1 N–H and O–H groups in total. The van der Waals surface area contributed by atoms with Crippen LogP contribution in [-0.2, 0) is 4.79 Å². The minimum atomic E-state index is -0.709. The molecule has 0 radical (unpaired) electrons. The van der Waals surface area contributed by atoms with E-state index >= 15 is 0 Å². The zero-order chi connectivity index (χ0) is 13.5. The smallest absolute Gasteiger partial charge is 0.303 e. The third-order valence-corrected chi connectivity index (χ3v) is 3.11. The fourth-order valence-electron chi connectivity index (χ4n) is 1.88. The number of aliphatic carboxylic acids is 1. The predicted octanol–water partition coefficient (Wildman–Crippen LogP) is 3.50. The van der Waals surface area contributed by atoms with E-state index in [1.54, 1.807) is 0 Å². The molecule has 0 heterocycles. The molecule has 1 rings (SSSR count). The SMILES string of the molecule is CC(C)c1cccc(N(C)CCCCC(=O)O)c1. The van der Waals surface area contributed by atoms with Crippen LogP contribution in [0.3, 0.4) is 0 Å². The molecular formula is C15H23NO2. The average Bonchev–Trinajstić information content (AvgIpc) is 2.34. The van der Waals surface area contributed by atoms with Gasteiger partial charge in [0.25, 0.3) is 0 Å². The summed E-state index contributed by atoms with van der Waals surface area (Å²) in [5, 5.41) is 8.58. The number of anilines is 1. The monoisotopic (exact) mass is 249 g/mol. The Labute approximate surface area is 109 Å². The molecule has 0 atom stereocenters. The third kappa shape index (κ3) is 4.78. The van der Waals surface area contributed by atoms with Crippen LogP contribution in [0.1, 0.15) is 44.6 Å². The Balaban J connectivity index is 2.48. The maximum atomic E-state index is 10.4. The molecule has 3 heteroatoms. The van der Waals surface area contributed by atoms with Crippen molar-refractivity contribution < 1.29 is 9.90 Å². The Morgan fingerprint density at radius 1 is 1.33 bits per heavy atom. The number of carboxylic acid groups (broad SMARTS) is 1. The molecular weight excluding hydrogens is 226 g/mol. The van der Waals surface area contributed by atoms with Crippen LogP contribution < -0.4 is 4.90 Å². The molecule has 0 unspecified atom stereocenters. The van der Waals surface area contributed by atoms with Crippen LogP contribution >= 0.6 is 0 Å². The quantitative estimate of drug-likeness (QED) is 0.752. The van der Waals surface area contributed by atoms with E-state index in [1.807, 2.05) is 0 Å². The number of carboxylic acids is 1. The Morgan fingerprint density at radius 3 is 2.67 bits per heavy atom. The highest BCUT2D eigenvalue weighted by atomic mass is 16.4. The van der Waals surface area contributed by atoms with Gasteiger partial charge in [-0.05, 0) is 36.5 Å². The fraction of sp³-hybridized carbons (Fsp3) is 0.533. The number of rotatable bonds is 7. The van der Waals surface area contributed by atoms with Crippen molar-refractivity contribution >= 4 is 11.7 Å². The molecule has 0 aliphatic heterocycles. The van der Waals surface area contributed by atoms with Crippen LogP contribution in [-0.4, -0.2) is 24.7 Å². The lowest BCUT2D eigenvalue weighted by molar-refractivity contribution is -0.137. The summed E-state index contributed by atoms with van der Waals surface area (Å²) in [6.07, 6.45) is 1.91. The first kappa shape index (κ1) is 14.6. The average molecular weight is 249 g/mol. The molecule has 0 amide bonds. The van der Waals surface area contributed by atoms with Crippen molar-refractivity contribution in [3.05, 3.63) is 29.8 Å². The van der Waals surface area contributed by atoms with Crippen LogP contribution in [0.4, 0.5) is 5.69 Å². The van der Waals surface area contributed by atoms with Gasteiger partial charge in [0.2, 0.25) is 0 Å². The molecule has 0 spiro atoms. The Kier molecular flexibility index (Phi) is 5.69. The van der Waals surface area contributed by atoms with Gasteiger partial charge in [-0.3, -0.25) is 4.79 Å². The third-order valence-electron chi connectivity index (χ3n) is 3.11. The van der Waals surface area contributed by atoms with Crippen molar-refractivity contribution in [2.75, 3.05) is 18.5 Å². The van der Waals surface area contributed by atoms with Gasteiger partial charge in [-0.15, -0.1) is 0 Å². The summed E-state index contributed by atoms with van der Waals surface area (Å²) in [6.45, 7) is 5.27. The molecule has 0 saturated carbocycles. The summed E-state index contributed by atoms with van der Waals surface area (Å²) in [6, 6.07) is 8.54. The van der Waals surface area contributed by atoms with Gasteiger partial charge in [0.05, 0.1) is 0 Å². The Morgan fingerprint density at radius 2 is 2.06 bits per heavy atom. The van der Waals surface area contributed by atoms with Crippen LogP contribution in [0.25, 0.3) is 0 Å². The van der Waals surface area contributed by atoms with E-state index < -0.39 is 5.97 Å². The topological polar surface area (TPSA) is 40.5 Å². The summed E-state index contributed by atoms with van der Waals surface area (Å²) in [5.74, 6) is -0.176. The number of carbonyl (C=O) groups is 1. The van der Waals surface area contributed by atoms with Crippen molar-refractivity contribution in [3.8, 4) is 0 Å². The minimum Gasteiger partial charge on any atom is -0.481 e. The second-order valence-electron chi connectivity index (χ2n) is 5.02. The summed E-state index contributed by atoms with van der Waals surface area (Å²) >= 11 is 0. The van der Waals surface area contributed by atoms with Crippen molar-refractivity contribution in [2.24, 2.45) is 0 Å². The highest BCUT2D eigenvalue weighted by Gasteiger charge is 2.04. The Bertz CT molecular complexity index is 388. The van der Waals surface area contributed by atoms with Gasteiger partial charge >= 0.3 is 5.97 Å². The fourth-order valence-corrected chi connectivity index (χ4v) is 1.88. The largest absolute Gasteiger partial charge is 0.481 e. The molecule has 0 aliphatic rings. The lowest BCUT2D eigenvalue weighted by atomic mass is 10.0. The normalized spacial score (nSPS) is 10.7. The maximum Gasteiger partial charge on any atom is 0.303 e. The predicted molar refractivity (Wildman–Crippen MR) is 75.3 cm³/mol. The lowest BCUT2D eigenvalue weighted by Gasteiger charge is -2.20. The summed E-state index contributed by atoms with van der Waals surface area (Å²) in [5.41, 5.74) is 2.54. The molecule has 0 fully saturated rings. The molecule has 1 aromatic carbocycles. The molecule has 0 aromatic heterocycles. The van der Waals surface area contributed by atoms with Crippen LogP contribution in [0.5, 0.6) is 0 Å². The van der Waals surface area contributed by atoms with Gasteiger partial charge in [0, 0.05) is 25.7 Å². The van der Waals surface area contributed by atoms with Gasteiger partial charge < -0.3 is 10.0 Å². The van der Waals surface area contributed by atoms with E-state index in [9.17, 15) is 4.79 Å². The molecule has 100 valence electrons. The van der Waals surface area contributed by atoms with Gasteiger partial charge in [0.1, 0.15) is 0 Å². The highest BCUT2D eigenvalue weighted by molar-refractivity contribution is 5.66. The molecule has 0 bridgehead atoms. The second-order valence-corrected chi connectivity index (χ2v) is 5.02. The summed E-state index contributed by atoms with van der Waals surface area (Å²) < 4.78 is 0. The summed E-state index contributed by atoms with van der Waals surface area (Å²) in [7, 11) is 2.06. The highest BCUT2D eigenvalue weighted by Crippen LogP contribution is 2.21. The van der Waals surface area contributed by atoms with E-state index in [0.717, 1.165) is 19.4 Å². The number of hydrogen-bond acceptors (Lipinski definition) is 2. The van der Waals surface area contributed by atoms with Gasteiger partial charge in [0.15, 0.2) is 0 Å². The van der Waals surface area contributed by atoms with E-state index in [0.29, 0.717) is 5.92 Å². The van der Waals surface area contributed by atoms with Crippen LogP contribution in [0.2, 0.25) is 0 Å². The van der Waals surface area contributed by atoms with E-state index in [2.05, 4.69) is 50.1 Å². The Hall–Kier alpha value is -1.51. The first-order valence-corrected chi connectivity index (χ1v) is 6.53. The molecule has 18 heavy (non-hydrogen) atoms. The van der Waals surface area contributed by atoms with Gasteiger partial charge in [-0.1, -0.05) is 26.0 Å². The van der Waals surface area contributed by atoms with E-state index in [1.165, 1.54) is 11.3 Å². The molecule has 0 aliphatic carbocycles. The van der Waals surface area contributed by atoms with Gasteiger partial charge in [-0.25, -0.2) is 0 Å². The standard InChI is InChI=1S/C15H23NO2/c1-12(2)13-7-6-8-14(11-13)16(3)10-5-4-9-15(17)18/h6-8,11-12H,4-5,9-10H2,1-3H3,(H,17,18). The second kappa shape index (κ2) is 7.04. The minimum absolute atomic E-state index is 0.264. The van der Waals surface area contributed by atoms with Crippen molar-refractivity contribution in [2.45, 2.75) is 39.0 Å². The summed E-state index contributed by atoms with van der Waals surface area (Å²) in [4.78, 5) is 12.6. The van der Waals surface area contributed by atoms with E-state index in [-0.39, 0.29) is 6.42 Å². The maximum absolute atomic E-state index is 10.4. The lowest BCUT2D eigenvalue weighted by Crippen LogP contribution is -2.18. The molecule has 1 aromatic rings. The van der Waals surface area contributed by atoms with Crippen molar-refractivity contribution in [1.82, 2.24) is 0 Å². The molecule has 0 saturated heterocycles. The first-order chi connectivity index (χ1) is 8.50. The number of hydrogen-bond donors (Lipinski definition) is 1. The van der Waals surface area contributed by atoms with Crippen molar-refractivity contribution in [3.63, 3.8) is 0 Å².